The lowest BCUT2D eigenvalue weighted by atomic mass is 9.90. The zero-order valence-electron chi connectivity index (χ0n) is 21.2. The predicted molar refractivity (Wildman–Crippen MR) is 148 cm³/mol. The van der Waals surface area contributed by atoms with E-state index in [0.717, 1.165) is 37.5 Å². The molecule has 7 nitrogen and oxygen atoms in total. The maximum atomic E-state index is 13.0. The van der Waals surface area contributed by atoms with Crippen molar-refractivity contribution in [3.63, 3.8) is 0 Å². The minimum Gasteiger partial charge on any atom is -0.357 e. The van der Waals surface area contributed by atoms with Gasteiger partial charge in [0.1, 0.15) is 5.69 Å². The zero-order valence-corrected chi connectivity index (χ0v) is 22.0. The lowest BCUT2D eigenvalue weighted by Gasteiger charge is -2.37. The van der Waals surface area contributed by atoms with E-state index < -0.39 is 0 Å². The van der Waals surface area contributed by atoms with E-state index in [-0.39, 0.29) is 11.8 Å². The molecule has 0 spiro atoms. The number of piperidine rings is 1. The van der Waals surface area contributed by atoms with Gasteiger partial charge in [-0.3, -0.25) is 14.5 Å². The molecule has 1 aromatic heterocycles. The van der Waals surface area contributed by atoms with Crippen LogP contribution in [0.25, 0.3) is 0 Å². The smallest absolute Gasteiger partial charge is 0.273 e. The molecule has 1 N–H and O–H groups in total. The fraction of sp³-hybridized carbons (Fsp3) is 0.414. The SMILES string of the molecule is O=C(CN1CCN(C(=O)c2csc(NCc3ccccc3)n2)CC1)N1CCC(Cc2ccccc2)CC1. The highest BCUT2D eigenvalue weighted by atomic mass is 32.1. The van der Waals surface area contributed by atoms with Gasteiger partial charge in [-0.2, -0.15) is 0 Å². The second-order valence-corrected chi connectivity index (χ2v) is 10.8. The average Bonchev–Trinajstić information content (AvgIpc) is 3.43. The van der Waals surface area contributed by atoms with Crippen LogP contribution in [0.1, 0.15) is 34.5 Å². The molecule has 2 aromatic carbocycles. The van der Waals surface area contributed by atoms with E-state index >= 15 is 0 Å². The van der Waals surface area contributed by atoms with Gasteiger partial charge in [0.05, 0.1) is 6.54 Å². The summed E-state index contributed by atoms with van der Waals surface area (Å²) in [5.41, 5.74) is 3.05. The zero-order chi connectivity index (χ0) is 25.5. The molecule has 0 radical (unpaired) electrons. The van der Waals surface area contributed by atoms with Crippen LogP contribution in [0.2, 0.25) is 0 Å². The maximum Gasteiger partial charge on any atom is 0.273 e. The number of aromatic nitrogens is 1. The van der Waals surface area contributed by atoms with Gasteiger partial charge in [0, 0.05) is 51.2 Å². The van der Waals surface area contributed by atoms with Gasteiger partial charge in [-0.05, 0) is 36.3 Å². The number of carbonyl (C=O) groups is 2. The molecule has 194 valence electrons. The number of benzene rings is 2. The molecule has 3 heterocycles. The van der Waals surface area contributed by atoms with E-state index in [0.29, 0.717) is 50.9 Å². The van der Waals surface area contributed by atoms with Gasteiger partial charge in [-0.1, -0.05) is 60.7 Å². The van der Waals surface area contributed by atoms with Crippen LogP contribution in [0.3, 0.4) is 0 Å². The molecule has 2 saturated heterocycles. The number of amides is 2. The van der Waals surface area contributed by atoms with Gasteiger partial charge in [-0.25, -0.2) is 4.98 Å². The summed E-state index contributed by atoms with van der Waals surface area (Å²) in [7, 11) is 0. The topological polar surface area (TPSA) is 68.8 Å². The first-order chi connectivity index (χ1) is 18.1. The number of anilines is 1. The third kappa shape index (κ3) is 6.96. The Labute approximate surface area is 223 Å². The molecule has 0 bridgehead atoms. The van der Waals surface area contributed by atoms with Crippen molar-refractivity contribution in [3.8, 4) is 0 Å². The molecule has 2 amide bonds. The Kier molecular flexibility index (Phi) is 8.48. The van der Waals surface area contributed by atoms with Crippen molar-refractivity contribution in [2.24, 2.45) is 5.92 Å². The van der Waals surface area contributed by atoms with Crippen LogP contribution >= 0.6 is 11.3 Å². The molecular weight excluding hydrogens is 482 g/mol. The summed E-state index contributed by atoms with van der Waals surface area (Å²) in [6.45, 7) is 5.48. The molecule has 3 aromatic rings. The maximum absolute atomic E-state index is 13.0. The third-order valence-electron chi connectivity index (χ3n) is 7.36. The van der Waals surface area contributed by atoms with Gasteiger partial charge in [0.25, 0.3) is 5.91 Å². The van der Waals surface area contributed by atoms with Crippen molar-refractivity contribution in [1.29, 1.82) is 0 Å². The minimum atomic E-state index is -0.0320. The summed E-state index contributed by atoms with van der Waals surface area (Å²) in [5.74, 6) is 0.836. The number of hydrogen-bond donors (Lipinski definition) is 1. The summed E-state index contributed by atoms with van der Waals surface area (Å²) in [4.78, 5) is 36.5. The number of rotatable bonds is 8. The van der Waals surface area contributed by atoms with Crippen molar-refractivity contribution in [3.05, 3.63) is 82.9 Å². The molecule has 0 unspecified atom stereocenters. The minimum absolute atomic E-state index is 0.0320. The lowest BCUT2D eigenvalue weighted by molar-refractivity contribution is -0.134. The summed E-state index contributed by atoms with van der Waals surface area (Å²) >= 11 is 1.46. The number of thiazole rings is 1. The van der Waals surface area contributed by atoms with E-state index in [1.807, 2.05) is 33.4 Å². The molecule has 2 aliphatic rings. The van der Waals surface area contributed by atoms with Crippen LogP contribution in [0.5, 0.6) is 0 Å². The summed E-state index contributed by atoms with van der Waals surface area (Å²) in [6, 6.07) is 20.8. The average molecular weight is 518 g/mol. The van der Waals surface area contributed by atoms with Crippen LogP contribution < -0.4 is 5.32 Å². The first-order valence-electron chi connectivity index (χ1n) is 13.2. The Bertz CT molecular complexity index is 1150. The van der Waals surface area contributed by atoms with E-state index in [2.05, 4.69) is 57.7 Å². The summed E-state index contributed by atoms with van der Waals surface area (Å²) in [5, 5.41) is 5.88. The monoisotopic (exact) mass is 517 g/mol. The molecule has 2 fully saturated rings. The molecule has 37 heavy (non-hydrogen) atoms. The number of nitrogens with zero attached hydrogens (tertiary/aromatic N) is 4. The Hall–Kier alpha value is -3.23. The molecule has 2 aliphatic heterocycles. The first-order valence-corrected chi connectivity index (χ1v) is 14.1. The second kappa shape index (κ2) is 12.3. The Morgan fingerprint density at radius 1 is 0.838 bits per heavy atom. The molecule has 8 heteroatoms. The number of piperazine rings is 1. The number of carbonyl (C=O) groups excluding carboxylic acids is 2. The van der Waals surface area contributed by atoms with Gasteiger partial charge in [0.15, 0.2) is 5.13 Å². The van der Waals surface area contributed by atoms with E-state index in [1.54, 1.807) is 0 Å². The first kappa shape index (κ1) is 25.4. The quantitative estimate of drug-likeness (QED) is 0.489. The van der Waals surface area contributed by atoms with E-state index in [1.165, 1.54) is 22.5 Å². The Morgan fingerprint density at radius 3 is 2.16 bits per heavy atom. The highest BCUT2D eigenvalue weighted by Crippen LogP contribution is 2.22. The van der Waals surface area contributed by atoms with Crippen molar-refractivity contribution >= 4 is 28.3 Å². The van der Waals surface area contributed by atoms with Crippen molar-refractivity contribution < 1.29 is 9.59 Å². The van der Waals surface area contributed by atoms with Crippen LogP contribution in [0, 0.1) is 5.92 Å². The number of nitrogens with one attached hydrogen (secondary N) is 1. The molecule has 0 aliphatic carbocycles. The van der Waals surface area contributed by atoms with Crippen molar-refractivity contribution in [1.82, 2.24) is 19.7 Å². The van der Waals surface area contributed by atoms with Crippen LogP contribution in [0.15, 0.2) is 66.0 Å². The normalized spacial score (nSPS) is 17.1. The summed E-state index contributed by atoms with van der Waals surface area (Å²) in [6.07, 6.45) is 3.24. The standard InChI is InChI=1S/C29H35N5O2S/c35-27(33-13-11-24(12-14-33)19-23-7-3-1-4-8-23)21-32-15-17-34(18-16-32)28(36)26-22-37-29(31-26)30-20-25-9-5-2-6-10-25/h1-10,22,24H,11-21H2,(H,30,31). The molecule has 5 rings (SSSR count). The molecule has 0 saturated carbocycles. The van der Waals surface area contributed by atoms with E-state index in [4.69, 9.17) is 0 Å². The fourth-order valence-electron chi connectivity index (χ4n) is 5.12. The highest BCUT2D eigenvalue weighted by molar-refractivity contribution is 7.13. The van der Waals surface area contributed by atoms with Gasteiger partial charge >= 0.3 is 0 Å². The highest BCUT2D eigenvalue weighted by Gasteiger charge is 2.28. The van der Waals surface area contributed by atoms with Gasteiger partial charge in [0.2, 0.25) is 5.91 Å². The molecular formula is C29H35N5O2S. The third-order valence-corrected chi connectivity index (χ3v) is 8.16. The van der Waals surface area contributed by atoms with Crippen molar-refractivity contribution in [2.75, 3.05) is 51.1 Å². The second-order valence-electron chi connectivity index (χ2n) is 9.96. The Balaban J connectivity index is 1.02. The lowest BCUT2D eigenvalue weighted by Crippen LogP contribution is -2.52. The van der Waals surface area contributed by atoms with Gasteiger partial charge < -0.3 is 15.1 Å². The van der Waals surface area contributed by atoms with E-state index in [9.17, 15) is 9.59 Å². The number of likely N-dealkylation sites (tertiary alicyclic amines) is 1. The van der Waals surface area contributed by atoms with Gasteiger partial charge in [-0.15, -0.1) is 11.3 Å². The van der Waals surface area contributed by atoms with Crippen LogP contribution in [-0.4, -0.2) is 77.3 Å². The fourth-order valence-corrected chi connectivity index (χ4v) is 5.81. The van der Waals surface area contributed by atoms with Crippen molar-refractivity contribution in [2.45, 2.75) is 25.8 Å². The van der Waals surface area contributed by atoms with Crippen LogP contribution in [-0.2, 0) is 17.8 Å². The Morgan fingerprint density at radius 2 is 1.49 bits per heavy atom. The predicted octanol–water partition coefficient (Wildman–Crippen LogP) is 3.99. The largest absolute Gasteiger partial charge is 0.357 e. The number of hydrogen-bond acceptors (Lipinski definition) is 6. The summed E-state index contributed by atoms with van der Waals surface area (Å²) < 4.78 is 0. The molecule has 0 atom stereocenters. The van der Waals surface area contributed by atoms with Crippen LogP contribution in [0.4, 0.5) is 5.13 Å².